The standard InChI is InChI=1S/C22H33N3O2/c1-23(2)21(26)25(4)19-13-15-12-18-16-8-6-7-9-22(16,10-11-24(18)3)17(15)14-20(19)27-5/h13-14,16,18H,6-12H2,1-5H3/t16?,18-,22-/m0/s1. The van der Waals surface area contributed by atoms with E-state index in [1.807, 2.05) is 7.05 Å². The maximum atomic E-state index is 12.5. The highest BCUT2D eigenvalue weighted by Gasteiger charge is 2.53. The van der Waals surface area contributed by atoms with E-state index in [-0.39, 0.29) is 6.03 Å². The van der Waals surface area contributed by atoms with Crippen molar-refractivity contribution in [3.63, 3.8) is 0 Å². The lowest BCUT2D eigenvalue weighted by atomic mass is 9.52. The van der Waals surface area contributed by atoms with Crippen molar-refractivity contribution in [3.05, 3.63) is 23.3 Å². The van der Waals surface area contributed by atoms with Gasteiger partial charge in [0.15, 0.2) is 0 Å². The number of carbonyl (C=O) groups excluding carboxylic acids is 1. The quantitative estimate of drug-likeness (QED) is 0.798. The van der Waals surface area contributed by atoms with Crippen molar-refractivity contribution in [2.45, 2.75) is 50.0 Å². The van der Waals surface area contributed by atoms with Gasteiger partial charge in [-0.2, -0.15) is 0 Å². The lowest BCUT2D eigenvalue weighted by Gasteiger charge is -2.58. The lowest BCUT2D eigenvalue weighted by Crippen LogP contribution is -2.59. The smallest absolute Gasteiger partial charge is 0.323 e. The molecular formula is C22H33N3O2. The Balaban J connectivity index is 1.83. The molecule has 0 spiro atoms. The second-order valence-corrected chi connectivity index (χ2v) is 8.93. The summed E-state index contributed by atoms with van der Waals surface area (Å²) in [4.78, 5) is 18.4. The van der Waals surface area contributed by atoms with Crippen LogP contribution in [-0.4, -0.2) is 63.7 Å². The summed E-state index contributed by atoms with van der Waals surface area (Å²) in [5.74, 6) is 1.58. The third-order valence-corrected chi connectivity index (χ3v) is 7.44. The van der Waals surface area contributed by atoms with Gasteiger partial charge < -0.3 is 14.5 Å². The Labute approximate surface area is 163 Å². The van der Waals surface area contributed by atoms with Gasteiger partial charge in [0.25, 0.3) is 0 Å². The number of urea groups is 1. The van der Waals surface area contributed by atoms with E-state index < -0.39 is 0 Å². The van der Waals surface area contributed by atoms with E-state index in [0.717, 1.165) is 23.8 Å². The van der Waals surface area contributed by atoms with E-state index in [9.17, 15) is 4.79 Å². The maximum absolute atomic E-state index is 12.5. The normalized spacial score (nSPS) is 29.5. The van der Waals surface area contributed by atoms with Crippen LogP contribution in [0.5, 0.6) is 5.75 Å². The van der Waals surface area contributed by atoms with Crippen molar-refractivity contribution >= 4 is 11.7 Å². The average molecular weight is 372 g/mol. The van der Waals surface area contributed by atoms with Crippen LogP contribution in [0.3, 0.4) is 0 Å². The first-order valence-electron chi connectivity index (χ1n) is 10.3. The van der Waals surface area contributed by atoms with Crippen LogP contribution < -0.4 is 9.64 Å². The van der Waals surface area contributed by atoms with Crippen LogP contribution in [0.4, 0.5) is 10.5 Å². The maximum Gasteiger partial charge on any atom is 0.323 e. The highest BCUT2D eigenvalue weighted by Crippen LogP contribution is 2.56. The van der Waals surface area contributed by atoms with E-state index in [1.54, 1.807) is 31.0 Å². The average Bonchev–Trinajstić information content (AvgIpc) is 2.68. The number of anilines is 1. The molecular weight excluding hydrogens is 338 g/mol. The SMILES string of the molecule is COc1cc2c(cc1N(C)C(=O)N(C)C)C[C@H]1C3CCCC[C@@]23CCN1C. The van der Waals surface area contributed by atoms with Gasteiger partial charge >= 0.3 is 6.03 Å². The summed E-state index contributed by atoms with van der Waals surface area (Å²) in [5, 5.41) is 0. The highest BCUT2D eigenvalue weighted by molar-refractivity contribution is 5.93. The van der Waals surface area contributed by atoms with Gasteiger partial charge in [-0.05, 0) is 68.5 Å². The number of hydrogen-bond acceptors (Lipinski definition) is 3. The number of methoxy groups -OCH3 is 1. The first-order chi connectivity index (χ1) is 12.9. The Morgan fingerprint density at radius 1 is 1.22 bits per heavy atom. The van der Waals surface area contributed by atoms with Gasteiger partial charge in [-0.15, -0.1) is 0 Å². The second-order valence-electron chi connectivity index (χ2n) is 8.93. The van der Waals surface area contributed by atoms with Gasteiger partial charge in [0.1, 0.15) is 5.75 Å². The number of ether oxygens (including phenoxy) is 1. The third kappa shape index (κ3) is 2.74. The number of fused-ring (bicyclic) bond motifs is 1. The van der Waals surface area contributed by atoms with Crippen molar-refractivity contribution in [3.8, 4) is 5.75 Å². The Morgan fingerprint density at radius 3 is 2.70 bits per heavy atom. The van der Waals surface area contributed by atoms with E-state index in [4.69, 9.17) is 4.74 Å². The molecule has 0 aromatic heterocycles. The van der Waals surface area contributed by atoms with Crippen LogP contribution in [0, 0.1) is 5.92 Å². The first kappa shape index (κ1) is 18.6. The fourth-order valence-electron chi connectivity index (χ4n) is 6.05. The van der Waals surface area contributed by atoms with E-state index in [1.165, 1.54) is 49.8 Å². The number of benzene rings is 1. The van der Waals surface area contributed by atoms with Crippen LogP contribution in [0.15, 0.2) is 12.1 Å². The van der Waals surface area contributed by atoms with Crippen LogP contribution >= 0.6 is 0 Å². The molecule has 1 saturated carbocycles. The number of likely N-dealkylation sites (tertiary alicyclic amines) is 1. The molecule has 1 saturated heterocycles. The fourth-order valence-corrected chi connectivity index (χ4v) is 6.05. The zero-order valence-corrected chi connectivity index (χ0v) is 17.4. The summed E-state index contributed by atoms with van der Waals surface area (Å²) in [6.45, 7) is 1.18. The Bertz CT molecular complexity index is 747. The van der Waals surface area contributed by atoms with Gasteiger partial charge in [-0.3, -0.25) is 4.90 Å². The molecule has 1 aromatic carbocycles. The molecule has 5 heteroatoms. The zero-order chi connectivity index (χ0) is 19.3. The summed E-state index contributed by atoms with van der Waals surface area (Å²) in [7, 11) is 9.42. The van der Waals surface area contributed by atoms with Crippen molar-refractivity contribution in [2.24, 2.45) is 5.92 Å². The van der Waals surface area contributed by atoms with Crippen molar-refractivity contribution in [1.29, 1.82) is 0 Å². The molecule has 2 fully saturated rings. The predicted octanol–water partition coefficient (Wildman–Crippen LogP) is 3.50. The van der Waals surface area contributed by atoms with Crippen molar-refractivity contribution in [2.75, 3.05) is 46.7 Å². The largest absolute Gasteiger partial charge is 0.495 e. The molecule has 27 heavy (non-hydrogen) atoms. The van der Waals surface area contributed by atoms with Crippen molar-refractivity contribution < 1.29 is 9.53 Å². The molecule has 1 aliphatic heterocycles. The predicted molar refractivity (Wildman–Crippen MR) is 109 cm³/mol. The minimum Gasteiger partial charge on any atom is -0.495 e. The number of hydrogen-bond donors (Lipinski definition) is 0. The molecule has 3 aliphatic rings. The van der Waals surface area contributed by atoms with Gasteiger partial charge in [-0.1, -0.05) is 12.8 Å². The fraction of sp³-hybridized carbons (Fsp3) is 0.682. The number of likely N-dealkylation sites (N-methyl/N-ethyl adjacent to an activating group) is 1. The minimum absolute atomic E-state index is 0.0323. The summed E-state index contributed by atoms with van der Waals surface area (Å²) < 4.78 is 5.77. The summed E-state index contributed by atoms with van der Waals surface area (Å²) in [6, 6.07) is 5.09. The molecule has 2 bridgehead atoms. The molecule has 3 atom stereocenters. The Kier molecular flexibility index (Phi) is 4.61. The molecule has 5 nitrogen and oxygen atoms in total. The van der Waals surface area contributed by atoms with Crippen LogP contribution in [0.25, 0.3) is 0 Å². The van der Waals surface area contributed by atoms with Crippen molar-refractivity contribution in [1.82, 2.24) is 9.80 Å². The monoisotopic (exact) mass is 371 g/mol. The molecule has 0 N–H and O–H groups in total. The van der Waals surface area contributed by atoms with Gasteiger partial charge in [0.05, 0.1) is 12.8 Å². The Hall–Kier alpha value is -1.75. The van der Waals surface area contributed by atoms with E-state index >= 15 is 0 Å². The summed E-state index contributed by atoms with van der Waals surface area (Å²) >= 11 is 0. The van der Waals surface area contributed by atoms with Crippen LogP contribution in [0.1, 0.15) is 43.2 Å². The molecule has 2 amide bonds. The molecule has 148 valence electrons. The molecule has 0 radical (unpaired) electrons. The van der Waals surface area contributed by atoms with Crippen LogP contribution in [0.2, 0.25) is 0 Å². The number of piperidine rings is 1. The number of rotatable bonds is 2. The van der Waals surface area contributed by atoms with Gasteiger partial charge in [0, 0.05) is 32.6 Å². The van der Waals surface area contributed by atoms with E-state index in [0.29, 0.717) is 11.5 Å². The Morgan fingerprint density at radius 2 is 2.00 bits per heavy atom. The molecule has 2 aliphatic carbocycles. The van der Waals surface area contributed by atoms with Crippen LogP contribution in [-0.2, 0) is 11.8 Å². The summed E-state index contributed by atoms with van der Waals surface area (Å²) in [6.07, 6.45) is 7.66. The lowest BCUT2D eigenvalue weighted by molar-refractivity contribution is 0.00276. The van der Waals surface area contributed by atoms with E-state index in [2.05, 4.69) is 24.1 Å². The van der Waals surface area contributed by atoms with Gasteiger partial charge in [-0.25, -0.2) is 4.79 Å². The highest BCUT2D eigenvalue weighted by atomic mass is 16.5. The van der Waals surface area contributed by atoms with Gasteiger partial charge in [0.2, 0.25) is 0 Å². The third-order valence-electron chi connectivity index (χ3n) is 7.44. The minimum atomic E-state index is -0.0323. The second kappa shape index (κ2) is 6.69. The first-order valence-corrected chi connectivity index (χ1v) is 10.3. The topological polar surface area (TPSA) is 36.0 Å². The molecule has 1 heterocycles. The molecule has 1 aromatic rings. The summed E-state index contributed by atoms with van der Waals surface area (Å²) in [5.41, 5.74) is 4.10. The number of amides is 2. The molecule has 1 unspecified atom stereocenters. The number of nitrogens with zero attached hydrogens (tertiary/aromatic N) is 3. The molecule has 4 rings (SSSR count). The zero-order valence-electron chi connectivity index (χ0n) is 17.4. The number of carbonyl (C=O) groups is 1.